The summed E-state index contributed by atoms with van der Waals surface area (Å²) in [5.74, 6) is -2.05. The molecule has 0 atom stereocenters. The van der Waals surface area contributed by atoms with Crippen LogP contribution in [0.2, 0.25) is 0 Å². The van der Waals surface area contributed by atoms with Gasteiger partial charge in [0, 0.05) is 6.54 Å². The molecule has 5 heteroatoms. The van der Waals surface area contributed by atoms with E-state index in [1.807, 2.05) is 0 Å². The number of hydrogen-bond donors (Lipinski definition) is 1. The SMILES string of the molecule is CCn1nc(C)c(C(=O)O)c1F. The Morgan fingerprint density at radius 3 is 2.58 bits per heavy atom. The van der Waals surface area contributed by atoms with E-state index in [1.54, 1.807) is 6.92 Å². The summed E-state index contributed by atoms with van der Waals surface area (Å²) in [5, 5.41) is 12.3. The first-order chi connectivity index (χ1) is 5.57. The Morgan fingerprint density at radius 1 is 1.75 bits per heavy atom. The van der Waals surface area contributed by atoms with E-state index >= 15 is 0 Å². The zero-order chi connectivity index (χ0) is 9.30. The van der Waals surface area contributed by atoms with Crippen molar-refractivity contribution in [1.82, 2.24) is 9.78 Å². The van der Waals surface area contributed by atoms with Crippen molar-refractivity contribution < 1.29 is 14.3 Å². The van der Waals surface area contributed by atoms with Gasteiger partial charge >= 0.3 is 5.97 Å². The van der Waals surface area contributed by atoms with Crippen molar-refractivity contribution in [2.75, 3.05) is 0 Å². The second-order valence-corrected chi connectivity index (χ2v) is 2.37. The fourth-order valence-corrected chi connectivity index (χ4v) is 1.01. The van der Waals surface area contributed by atoms with Crippen molar-refractivity contribution in [3.8, 4) is 0 Å². The van der Waals surface area contributed by atoms with E-state index < -0.39 is 11.9 Å². The molecule has 1 rings (SSSR count). The summed E-state index contributed by atoms with van der Waals surface area (Å²) in [6.45, 7) is 3.50. The van der Waals surface area contributed by atoms with Gasteiger partial charge < -0.3 is 5.11 Å². The minimum absolute atomic E-state index is 0.210. The van der Waals surface area contributed by atoms with Gasteiger partial charge in [-0.15, -0.1) is 0 Å². The Kier molecular flexibility index (Phi) is 2.12. The van der Waals surface area contributed by atoms with Crippen LogP contribution in [0.1, 0.15) is 23.0 Å². The van der Waals surface area contributed by atoms with E-state index in [2.05, 4.69) is 5.10 Å². The minimum Gasteiger partial charge on any atom is -0.477 e. The molecule has 1 N–H and O–H groups in total. The number of rotatable bonds is 2. The molecule has 1 aromatic heterocycles. The van der Waals surface area contributed by atoms with Crippen LogP contribution in [0.4, 0.5) is 4.39 Å². The summed E-state index contributed by atoms with van der Waals surface area (Å²) in [6, 6.07) is 0. The third kappa shape index (κ3) is 1.17. The fraction of sp³-hybridized carbons (Fsp3) is 0.429. The van der Waals surface area contributed by atoms with Gasteiger partial charge in [-0.3, -0.25) is 0 Å². The van der Waals surface area contributed by atoms with Crippen LogP contribution in [0.3, 0.4) is 0 Å². The molecule has 12 heavy (non-hydrogen) atoms. The smallest absolute Gasteiger partial charge is 0.342 e. The summed E-state index contributed by atoms with van der Waals surface area (Å²) in [6.07, 6.45) is 0. The van der Waals surface area contributed by atoms with Gasteiger partial charge in [0.2, 0.25) is 5.95 Å². The Bertz CT molecular complexity index is 319. The standard InChI is InChI=1S/C7H9FN2O2/c1-3-10-6(8)5(7(11)12)4(2)9-10/h3H2,1-2H3,(H,11,12). The lowest BCUT2D eigenvalue weighted by atomic mass is 10.3. The Morgan fingerprint density at radius 2 is 2.33 bits per heavy atom. The second-order valence-electron chi connectivity index (χ2n) is 2.37. The average molecular weight is 172 g/mol. The highest BCUT2D eigenvalue weighted by atomic mass is 19.1. The van der Waals surface area contributed by atoms with Crippen LogP contribution in [0.15, 0.2) is 0 Å². The highest BCUT2D eigenvalue weighted by Gasteiger charge is 2.19. The molecule has 0 fully saturated rings. The maximum absolute atomic E-state index is 13.1. The number of aryl methyl sites for hydroxylation is 2. The Hall–Kier alpha value is -1.39. The summed E-state index contributed by atoms with van der Waals surface area (Å²) in [7, 11) is 0. The van der Waals surface area contributed by atoms with Crippen molar-refractivity contribution in [1.29, 1.82) is 0 Å². The van der Waals surface area contributed by atoms with Gasteiger partial charge in [0.1, 0.15) is 5.56 Å². The molecule has 1 aromatic rings. The predicted molar refractivity (Wildman–Crippen MR) is 39.6 cm³/mol. The lowest BCUT2D eigenvalue weighted by Gasteiger charge is -1.93. The summed E-state index contributed by atoms with van der Waals surface area (Å²) < 4.78 is 14.1. The molecule has 4 nitrogen and oxygen atoms in total. The topological polar surface area (TPSA) is 55.1 Å². The monoisotopic (exact) mass is 172 g/mol. The number of carboxylic acids is 1. The quantitative estimate of drug-likeness (QED) is 0.725. The van der Waals surface area contributed by atoms with Crippen molar-refractivity contribution in [2.24, 2.45) is 0 Å². The number of carbonyl (C=O) groups is 1. The Balaban J connectivity index is 3.28. The zero-order valence-electron chi connectivity index (χ0n) is 6.83. The van der Waals surface area contributed by atoms with Crippen molar-refractivity contribution in [3.63, 3.8) is 0 Å². The van der Waals surface area contributed by atoms with Crippen molar-refractivity contribution in [3.05, 3.63) is 17.2 Å². The maximum atomic E-state index is 13.1. The third-order valence-corrected chi connectivity index (χ3v) is 1.58. The van der Waals surface area contributed by atoms with Gasteiger partial charge in [-0.25, -0.2) is 9.48 Å². The molecule has 0 amide bonds. The molecule has 66 valence electrons. The summed E-state index contributed by atoms with van der Waals surface area (Å²) >= 11 is 0. The number of aromatic nitrogens is 2. The van der Waals surface area contributed by atoms with Crippen molar-refractivity contribution >= 4 is 5.97 Å². The molecule has 1 heterocycles. The number of carboxylic acid groups (broad SMARTS) is 1. The molecule has 0 aliphatic rings. The number of hydrogen-bond acceptors (Lipinski definition) is 2. The molecule has 0 aliphatic heterocycles. The van der Waals surface area contributed by atoms with Crippen LogP contribution < -0.4 is 0 Å². The molecule has 0 saturated carbocycles. The maximum Gasteiger partial charge on any atom is 0.342 e. The van der Waals surface area contributed by atoms with Crippen LogP contribution >= 0.6 is 0 Å². The van der Waals surface area contributed by atoms with E-state index in [0.29, 0.717) is 6.54 Å². The molecule has 0 unspecified atom stereocenters. The van der Waals surface area contributed by atoms with E-state index in [1.165, 1.54) is 6.92 Å². The molecule has 0 aromatic carbocycles. The molecule has 0 radical (unpaired) electrons. The van der Waals surface area contributed by atoms with Crippen LogP contribution in [-0.2, 0) is 6.54 Å². The highest BCUT2D eigenvalue weighted by molar-refractivity contribution is 5.88. The summed E-state index contributed by atoms with van der Waals surface area (Å²) in [5.41, 5.74) is -0.126. The molecule has 0 bridgehead atoms. The average Bonchev–Trinajstić information content (AvgIpc) is 2.25. The van der Waals surface area contributed by atoms with Crippen LogP contribution in [0, 0.1) is 12.9 Å². The van der Waals surface area contributed by atoms with E-state index in [4.69, 9.17) is 5.11 Å². The largest absolute Gasteiger partial charge is 0.477 e. The van der Waals surface area contributed by atoms with Crippen LogP contribution in [-0.4, -0.2) is 20.9 Å². The first-order valence-electron chi connectivity index (χ1n) is 3.54. The van der Waals surface area contributed by atoms with Gasteiger partial charge in [0.15, 0.2) is 0 Å². The Labute approximate surface area is 68.6 Å². The minimum atomic E-state index is -1.27. The number of halogens is 1. The number of nitrogens with zero attached hydrogens (tertiary/aromatic N) is 2. The molecular formula is C7H9FN2O2. The summed E-state index contributed by atoms with van der Waals surface area (Å²) in [4.78, 5) is 10.5. The first kappa shape index (κ1) is 8.70. The second kappa shape index (κ2) is 2.92. The lowest BCUT2D eigenvalue weighted by molar-refractivity contribution is 0.0690. The van der Waals surface area contributed by atoms with E-state index in [0.717, 1.165) is 4.68 Å². The van der Waals surface area contributed by atoms with Gasteiger partial charge in [-0.1, -0.05) is 0 Å². The van der Waals surface area contributed by atoms with Crippen LogP contribution in [0.25, 0.3) is 0 Å². The van der Waals surface area contributed by atoms with Crippen molar-refractivity contribution in [2.45, 2.75) is 20.4 Å². The molecular weight excluding hydrogens is 163 g/mol. The van der Waals surface area contributed by atoms with Gasteiger partial charge in [-0.05, 0) is 13.8 Å². The molecule has 0 spiro atoms. The molecule has 0 aliphatic carbocycles. The van der Waals surface area contributed by atoms with Gasteiger partial charge in [0.05, 0.1) is 5.69 Å². The first-order valence-corrected chi connectivity index (χ1v) is 3.54. The fourth-order valence-electron chi connectivity index (χ4n) is 1.01. The van der Waals surface area contributed by atoms with E-state index in [9.17, 15) is 9.18 Å². The van der Waals surface area contributed by atoms with E-state index in [-0.39, 0.29) is 11.3 Å². The predicted octanol–water partition coefficient (Wildman–Crippen LogP) is 1.05. The van der Waals surface area contributed by atoms with Gasteiger partial charge in [-0.2, -0.15) is 9.49 Å². The number of aromatic carboxylic acids is 1. The molecule has 0 saturated heterocycles. The highest BCUT2D eigenvalue weighted by Crippen LogP contribution is 2.11. The normalized spacial score (nSPS) is 10.2. The third-order valence-electron chi connectivity index (χ3n) is 1.58. The van der Waals surface area contributed by atoms with Gasteiger partial charge in [0.25, 0.3) is 0 Å². The lowest BCUT2D eigenvalue weighted by Crippen LogP contribution is -2.03. The van der Waals surface area contributed by atoms with Crippen LogP contribution in [0.5, 0.6) is 0 Å². The zero-order valence-corrected chi connectivity index (χ0v) is 6.83.